The first kappa shape index (κ1) is 18.9. The molecule has 0 spiro atoms. The Kier molecular flexibility index (Phi) is 5.69. The van der Waals surface area contributed by atoms with Crippen molar-refractivity contribution >= 4 is 23.4 Å². The molecular formula is C21H25N7O. The lowest BCUT2D eigenvalue weighted by molar-refractivity contribution is 0.340. The van der Waals surface area contributed by atoms with Crippen molar-refractivity contribution in [1.82, 2.24) is 19.9 Å². The Hall–Kier alpha value is -3.42. The fourth-order valence-electron chi connectivity index (χ4n) is 3.27. The first-order valence-corrected chi connectivity index (χ1v) is 9.84. The van der Waals surface area contributed by atoms with Gasteiger partial charge in [-0.2, -0.15) is 4.98 Å². The smallest absolute Gasteiger partial charge is 0.227 e. The van der Waals surface area contributed by atoms with Crippen molar-refractivity contribution in [1.29, 1.82) is 0 Å². The van der Waals surface area contributed by atoms with Gasteiger partial charge in [-0.15, -0.1) is 0 Å². The maximum Gasteiger partial charge on any atom is 0.227 e. The minimum atomic E-state index is 0.658. The summed E-state index contributed by atoms with van der Waals surface area (Å²) in [6.07, 6.45) is 3.55. The molecule has 0 amide bonds. The Labute approximate surface area is 170 Å². The number of piperazine rings is 1. The van der Waals surface area contributed by atoms with Crippen LogP contribution in [-0.4, -0.2) is 52.7 Å². The molecule has 29 heavy (non-hydrogen) atoms. The van der Waals surface area contributed by atoms with Gasteiger partial charge in [0.2, 0.25) is 11.9 Å². The summed E-state index contributed by atoms with van der Waals surface area (Å²) >= 11 is 0. The van der Waals surface area contributed by atoms with Gasteiger partial charge in [0.25, 0.3) is 0 Å². The van der Waals surface area contributed by atoms with E-state index in [2.05, 4.69) is 30.1 Å². The third-order valence-electron chi connectivity index (χ3n) is 4.68. The van der Waals surface area contributed by atoms with E-state index in [0.29, 0.717) is 6.61 Å². The molecule has 0 bridgehead atoms. The fourth-order valence-corrected chi connectivity index (χ4v) is 3.27. The summed E-state index contributed by atoms with van der Waals surface area (Å²) in [4.78, 5) is 22.4. The molecule has 1 aliphatic rings. The van der Waals surface area contributed by atoms with Gasteiger partial charge in [0, 0.05) is 56.0 Å². The van der Waals surface area contributed by atoms with Crippen LogP contribution in [0.4, 0.5) is 23.4 Å². The Balaban J connectivity index is 1.43. The highest BCUT2D eigenvalue weighted by Crippen LogP contribution is 2.22. The van der Waals surface area contributed by atoms with E-state index in [1.165, 1.54) is 0 Å². The normalized spacial score (nSPS) is 14.0. The standard InChI is InChI=1S/C21H25N7O/c1-3-29-18-7-5-17(6-8-18)25-19-15-16(2)24-21(26-19)28-13-11-27(12-14-28)20-22-9-4-10-23-20/h4-10,15H,3,11-14H2,1-2H3,(H,24,25,26). The number of anilines is 4. The molecule has 0 aliphatic carbocycles. The molecule has 1 fully saturated rings. The number of hydrogen-bond donors (Lipinski definition) is 1. The van der Waals surface area contributed by atoms with Crippen LogP contribution in [0.5, 0.6) is 5.75 Å². The van der Waals surface area contributed by atoms with Crippen LogP contribution < -0.4 is 19.9 Å². The summed E-state index contributed by atoms with van der Waals surface area (Å²) in [5, 5.41) is 3.36. The average Bonchev–Trinajstić information content (AvgIpc) is 2.76. The summed E-state index contributed by atoms with van der Waals surface area (Å²) in [6.45, 7) is 7.94. The van der Waals surface area contributed by atoms with Crippen molar-refractivity contribution < 1.29 is 4.74 Å². The fraction of sp³-hybridized carbons (Fsp3) is 0.333. The number of aryl methyl sites for hydroxylation is 1. The predicted molar refractivity (Wildman–Crippen MR) is 114 cm³/mol. The largest absolute Gasteiger partial charge is 0.494 e. The maximum absolute atomic E-state index is 5.50. The molecule has 3 heterocycles. The second-order valence-corrected chi connectivity index (χ2v) is 6.80. The van der Waals surface area contributed by atoms with Crippen molar-refractivity contribution in [2.24, 2.45) is 0 Å². The predicted octanol–water partition coefficient (Wildman–Crippen LogP) is 3.04. The zero-order chi connectivity index (χ0) is 20.1. The summed E-state index contributed by atoms with van der Waals surface area (Å²) < 4.78 is 5.50. The lowest BCUT2D eigenvalue weighted by Gasteiger charge is -2.34. The lowest BCUT2D eigenvalue weighted by atomic mass is 10.3. The van der Waals surface area contributed by atoms with Gasteiger partial charge in [-0.05, 0) is 44.2 Å². The highest BCUT2D eigenvalue weighted by Gasteiger charge is 2.21. The van der Waals surface area contributed by atoms with Gasteiger partial charge in [0.15, 0.2) is 0 Å². The topological polar surface area (TPSA) is 79.3 Å². The van der Waals surface area contributed by atoms with E-state index in [1.54, 1.807) is 12.4 Å². The van der Waals surface area contributed by atoms with E-state index < -0.39 is 0 Å². The summed E-state index contributed by atoms with van der Waals surface area (Å²) in [5.41, 5.74) is 1.89. The van der Waals surface area contributed by atoms with Gasteiger partial charge < -0.3 is 19.9 Å². The van der Waals surface area contributed by atoms with Crippen molar-refractivity contribution in [2.45, 2.75) is 13.8 Å². The highest BCUT2D eigenvalue weighted by atomic mass is 16.5. The zero-order valence-corrected chi connectivity index (χ0v) is 16.7. The van der Waals surface area contributed by atoms with Gasteiger partial charge in [0.05, 0.1) is 6.61 Å². The molecule has 0 saturated carbocycles. The third-order valence-corrected chi connectivity index (χ3v) is 4.68. The quantitative estimate of drug-likeness (QED) is 0.687. The van der Waals surface area contributed by atoms with Gasteiger partial charge in [0.1, 0.15) is 11.6 Å². The van der Waals surface area contributed by atoms with Crippen LogP contribution in [0.2, 0.25) is 0 Å². The SMILES string of the molecule is CCOc1ccc(Nc2cc(C)nc(N3CCN(c4ncccn4)CC3)n2)cc1. The number of rotatable bonds is 6. The molecule has 0 radical (unpaired) electrons. The average molecular weight is 391 g/mol. The Bertz CT molecular complexity index is 926. The summed E-state index contributed by atoms with van der Waals surface area (Å²) in [7, 11) is 0. The first-order chi connectivity index (χ1) is 14.2. The maximum atomic E-state index is 5.50. The molecule has 1 saturated heterocycles. The van der Waals surface area contributed by atoms with Gasteiger partial charge in [-0.3, -0.25) is 0 Å². The molecule has 1 aromatic carbocycles. The van der Waals surface area contributed by atoms with Gasteiger partial charge in [-0.25, -0.2) is 15.0 Å². The molecule has 8 heteroatoms. The first-order valence-electron chi connectivity index (χ1n) is 9.84. The molecule has 0 unspecified atom stereocenters. The monoisotopic (exact) mass is 391 g/mol. The number of benzene rings is 1. The van der Waals surface area contributed by atoms with Crippen molar-refractivity contribution in [3.8, 4) is 5.75 Å². The van der Waals surface area contributed by atoms with E-state index in [0.717, 1.165) is 61.0 Å². The number of ether oxygens (including phenoxy) is 1. The van der Waals surface area contributed by atoms with Crippen LogP contribution in [0.3, 0.4) is 0 Å². The molecule has 8 nitrogen and oxygen atoms in total. The molecule has 1 N–H and O–H groups in total. The van der Waals surface area contributed by atoms with Crippen LogP contribution >= 0.6 is 0 Å². The van der Waals surface area contributed by atoms with E-state index in [4.69, 9.17) is 9.72 Å². The van der Waals surface area contributed by atoms with Gasteiger partial charge in [-0.1, -0.05) is 0 Å². The summed E-state index contributed by atoms with van der Waals surface area (Å²) in [5.74, 6) is 3.16. The second-order valence-electron chi connectivity index (χ2n) is 6.80. The van der Waals surface area contributed by atoms with Crippen LogP contribution in [0.25, 0.3) is 0 Å². The number of nitrogens with one attached hydrogen (secondary N) is 1. The Morgan fingerprint density at radius 2 is 1.59 bits per heavy atom. The number of aromatic nitrogens is 4. The van der Waals surface area contributed by atoms with E-state index >= 15 is 0 Å². The lowest BCUT2D eigenvalue weighted by Crippen LogP contribution is -2.47. The van der Waals surface area contributed by atoms with E-state index in [9.17, 15) is 0 Å². The number of hydrogen-bond acceptors (Lipinski definition) is 8. The highest BCUT2D eigenvalue weighted by molar-refractivity contribution is 5.59. The number of nitrogens with zero attached hydrogens (tertiary/aromatic N) is 6. The van der Waals surface area contributed by atoms with Gasteiger partial charge >= 0.3 is 0 Å². The Morgan fingerprint density at radius 1 is 0.931 bits per heavy atom. The van der Waals surface area contributed by atoms with Crippen molar-refractivity contribution in [3.63, 3.8) is 0 Å². The van der Waals surface area contributed by atoms with Crippen LogP contribution in [0.1, 0.15) is 12.6 Å². The minimum absolute atomic E-state index is 0.658. The van der Waals surface area contributed by atoms with Crippen molar-refractivity contribution in [2.75, 3.05) is 47.9 Å². The molecule has 1 aliphatic heterocycles. The zero-order valence-electron chi connectivity index (χ0n) is 16.7. The molecule has 2 aromatic heterocycles. The Morgan fingerprint density at radius 3 is 2.24 bits per heavy atom. The molecule has 4 rings (SSSR count). The minimum Gasteiger partial charge on any atom is -0.494 e. The van der Waals surface area contributed by atoms with E-state index in [-0.39, 0.29) is 0 Å². The molecule has 150 valence electrons. The van der Waals surface area contributed by atoms with Crippen LogP contribution in [0.15, 0.2) is 48.8 Å². The van der Waals surface area contributed by atoms with Crippen LogP contribution in [-0.2, 0) is 0 Å². The molecule has 3 aromatic rings. The summed E-state index contributed by atoms with van der Waals surface area (Å²) in [6, 6.07) is 11.7. The van der Waals surface area contributed by atoms with Crippen molar-refractivity contribution in [3.05, 3.63) is 54.5 Å². The van der Waals surface area contributed by atoms with Crippen LogP contribution in [0, 0.1) is 6.92 Å². The second kappa shape index (κ2) is 8.72. The van der Waals surface area contributed by atoms with E-state index in [1.807, 2.05) is 50.2 Å². The third kappa shape index (κ3) is 4.71. The molecular weight excluding hydrogens is 366 g/mol. The molecule has 0 atom stereocenters.